The zero-order valence-electron chi connectivity index (χ0n) is 16.9. The largest absolute Gasteiger partial charge is 0.338 e. The molecule has 1 fully saturated rings. The van der Waals surface area contributed by atoms with Gasteiger partial charge >= 0.3 is 0 Å². The fraction of sp³-hybridized carbons (Fsp3) is 0.286. The molecule has 0 saturated carbocycles. The maximum atomic E-state index is 13.3. The summed E-state index contributed by atoms with van der Waals surface area (Å²) in [7, 11) is -3.30. The first-order valence-corrected chi connectivity index (χ1v) is 11.6. The Hall–Kier alpha value is -3.11. The van der Waals surface area contributed by atoms with Crippen molar-refractivity contribution in [2.45, 2.75) is 19.0 Å². The molecule has 4 rings (SSSR count). The predicted molar refractivity (Wildman–Crippen MR) is 113 cm³/mol. The van der Waals surface area contributed by atoms with Crippen molar-refractivity contribution >= 4 is 15.9 Å². The van der Waals surface area contributed by atoms with Gasteiger partial charge in [0.05, 0.1) is 18.0 Å². The third kappa shape index (κ3) is 5.33. The minimum absolute atomic E-state index is 0.0349. The van der Waals surface area contributed by atoms with Crippen LogP contribution in [0, 0.1) is 5.82 Å². The number of aromatic nitrogens is 3. The van der Waals surface area contributed by atoms with E-state index in [1.54, 1.807) is 34.1 Å². The lowest BCUT2D eigenvalue weighted by molar-refractivity contribution is -0.136. The van der Waals surface area contributed by atoms with E-state index in [-0.39, 0.29) is 24.3 Å². The predicted octanol–water partition coefficient (Wildman–Crippen LogP) is 1.44. The van der Waals surface area contributed by atoms with Crippen LogP contribution in [0.25, 0.3) is 11.3 Å². The molecule has 1 aliphatic rings. The minimum atomic E-state index is -3.30. The number of nitrogens with zero attached hydrogens (tertiary/aromatic N) is 4. The first-order valence-electron chi connectivity index (χ1n) is 9.73. The summed E-state index contributed by atoms with van der Waals surface area (Å²) in [5, 5.41) is 4.61. The number of rotatable bonds is 7. The van der Waals surface area contributed by atoms with Gasteiger partial charge in [0.15, 0.2) is 0 Å². The van der Waals surface area contributed by atoms with Crippen LogP contribution in [0.2, 0.25) is 0 Å². The van der Waals surface area contributed by atoms with Gasteiger partial charge in [-0.2, -0.15) is 5.10 Å². The highest BCUT2D eigenvalue weighted by atomic mass is 32.2. The Morgan fingerprint density at radius 3 is 2.48 bits per heavy atom. The Labute approximate surface area is 179 Å². The van der Waals surface area contributed by atoms with E-state index in [1.165, 1.54) is 12.1 Å². The first-order chi connectivity index (χ1) is 14.8. The molecule has 1 aromatic carbocycles. The fourth-order valence-corrected chi connectivity index (χ4v) is 4.25. The highest BCUT2D eigenvalue weighted by molar-refractivity contribution is 7.88. The Morgan fingerprint density at radius 2 is 1.84 bits per heavy atom. The number of nitrogens with one attached hydrogen (secondary N) is 1. The van der Waals surface area contributed by atoms with Gasteiger partial charge in [0, 0.05) is 43.2 Å². The van der Waals surface area contributed by atoms with Crippen molar-refractivity contribution in [3.63, 3.8) is 0 Å². The van der Waals surface area contributed by atoms with Crippen LogP contribution >= 0.6 is 0 Å². The van der Waals surface area contributed by atoms with Crippen molar-refractivity contribution < 1.29 is 17.6 Å². The van der Waals surface area contributed by atoms with Crippen LogP contribution in [0.3, 0.4) is 0 Å². The van der Waals surface area contributed by atoms with Gasteiger partial charge in [-0.3, -0.25) is 14.5 Å². The number of halogens is 1. The maximum Gasteiger partial charge on any atom is 0.244 e. The van der Waals surface area contributed by atoms with Gasteiger partial charge in [-0.05, 0) is 35.9 Å². The highest BCUT2D eigenvalue weighted by Gasteiger charge is 2.32. The van der Waals surface area contributed by atoms with Crippen LogP contribution in [-0.2, 0) is 27.8 Å². The maximum absolute atomic E-state index is 13.3. The summed E-state index contributed by atoms with van der Waals surface area (Å²) in [5.41, 5.74) is 3.31. The smallest absolute Gasteiger partial charge is 0.244 e. The molecule has 0 radical (unpaired) electrons. The van der Waals surface area contributed by atoms with Gasteiger partial charge in [0.2, 0.25) is 15.9 Å². The van der Waals surface area contributed by atoms with Crippen LogP contribution in [-0.4, -0.2) is 59.4 Å². The molecule has 1 aliphatic heterocycles. The molecule has 0 bridgehead atoms. The number of hydrogen-bond acceptors (Lipinski definition) is 5. The van der Waals surface area contributed by atoms with Crippen molar-refractivity contribution in [2.24, 2.45) is 0 Å². The number of carbonyl (C=O) groups excluding carboxylic acids is 1. The topological polar surface area (TPSA) is 97.2 Å². The van der Waals surface area contributed by atoms with Crippen molar-refractivity contribution in [3.05, 3.63) is 71.9 Å². The van der Waals surface area contributed by atoms with Gasteiger partial charge in [0.1, 0.15) is 12.4 Å². The monoisotopic (exact) mass is 443 g/mol. The second kappa shape index (κ2) is 8.56. The molecular formula is C21H22FN5O3S. The number of amides is 1. The summed E-state index contributed by atoms with van der Waals surface area (Å²) in [5.74, 6) is -0.448. The van der Waals surface area contributed by atoms with Gasteiger partial charge in [-0.25, -0.2) is 17.5 Å². The molecule has 0 unspecified atom stereocenters. The summed E-state index contributed by atoms with van der Waals surface area (Å²) in [4.78, 5) is 18.3. The zero-order chi connectivity index (χ0) is 22.0. The summed E-state index contributed by atoms with van der Waals surface area (Å²) >= 11 is 0. The van der Waals surface area contributed by atoms with Gasteiger partial charge < -0.3 is 4.90 Å². The molecule has 10 heteroatoms. The van der Waals surface area contributed by atoms with Gasteiger partial charge in [0.25, 0.3) is 0 Å². The zero-order valence-corrected chi connectivity index (χ0v) is 17.7. The van der Waals surface area contributed by atoms with Crippen LogP contribution in [0.5, 0.6) is 0 Å². The van der Waals surface area contributed by atoms with Crippen molar-refractivity contribution in [3.8, 4) is 11.3 Å². The highest BCUT2D eigenvalue weighted by Crippen LogP contribution is 2.21. The Bertz CT molecular complexity index is 1170. The second-order valence-electron chi connectivity index (χ2n) is 7.60. The number of hydrogen-bond donors (Lipinski definition) is 1. The molecule has 1 saturated heterocycles. The lowest BCUT2D eigenvalue weighted by Crippen LogP contribution is -2.61. The fourth-order valence-electron chi connectivity index (χ4n) is 3.50. The average Bonchev–Trinajstić information content (AvgIpc) is 3.08. The quantitative estimate of drug-likeness (QED) is 0.596. The SMILES string of the molecule is CS(=O)(=O)NC1CN(C(=O)Cn2nc(-c3ccncc3)cc2Cc2ccc(F)cc2)C1. The number of sulfonamides is 1. The van der Waals surface area contributed by atoms with Crippen LogP contribution in [0.4, 0.5) is 4.39 Å². The molecule has 8 nitrogen and oxygen atoms in total. The van der Waals surface area contributed by atoms with E-state index in [1.807, 2.05) is 18.2 Å². The summed E-state index contributed by atoms with van der Waals surface area (Å²) in [6.45, 7) is 0.697. The summed E-state index contributed by atoms with van der Waals surface area (Å²) in [6, 6.07) is 11.5. The molecule has 2 aromatic heterocycles. The molecule has 0 spiro atoms. The third-order valence-corrected chi connectivity index (χ3v) is 5.80. The number of pyridine rings is 1. The molecule has 31 heavy (non-hydrogen) atoms. The van der Waals surface area contributed by atoms with E-state index in [2.05, 4.69) is 14.8 Å². The van der Waals surface area contributed by atoms with Crippen LogP contribution in [0.1, 0.15) is 11.3 Å². The molecular weight excluding hydrogens is 421 g/mol. The van der Waals surface area contributed by atoms with Crippen molar-refractivity contribution in [1.82, 2.24) is 24.4 Å². The van der Waals surface area contributed by atoms with E-state index in [0.29, 0.717) is 25.2 Å². The Morgan fingerprint density at radius 1 is 1.16 bits per heavy atom. The molecule has 0 atom stereocenters. The lowest BCUT2D eigenvalue weighted by atomic mass is 10.1. The first kappa shape index (κ1) is 21.1. The minimum Gasteiger partial charge on any atom is -0.338 e. The Kier molecular flexibility index (Phi) is 5.84. The molecule has 3 aromatic rings. The molecule has 1 N–H and O–H groups in total. The summed E-state index contributed by atoms with van der Waals surface area (Å²) in [6.07, 6.45) is 4.94. The number of likely N-dealkylation sites (tertiary alicyclic amines) is 1. The number of benzene rings is 1. The van der Waals surface area contributed by atoms with Crippen LogP contribution in [0.15, 0.2) is 54.9 Å². The average molecular weight is 444 g/mol. The molecule has 0 aliphatic carbocycles. The van der Waals surface area contributed by atoms with Gasteiger partial charge in [-0.1, -0.05) is 12.1 Å². The Balaban J connectivity index is 1.52. The van der Waals surface area contributed by atoms with Crippen LogP contribution < -0.4 is 4.72 Å². The lowest BCUT2D eigenvalue weighted by Gasteiger charge is -2.39. The standard InChI is InChI=1S/C21H22FN5O3S/c1-31(29,30)25-18-12-26(13-18)21(28)14-27-19(10-15-2-4-17(22)5-3-15)11-20(24-27)16-6-8-23-9-7-16/h2-9,11,18,25H,10,12-14H2,1H3. The molecule has 1 amide bonds. The van der Waals surface area contributed by atoms with Gasteiger partial charge in [-0.15, -0.1) is 0 Å². The van der Waals surface area contributed by atoms with E-state index in [0.717, 1.165) is 23.1 Å². The van der Waals surface area contributed by atoms with Crippen molar-refractivity contribution in [2.75, 3.05) is 19.3 Å². The van der Waals surface area contributed by atoms with E-state index in [9.17, 15) is 17.6 Å². The molecule has 162 valence electrons. The van der Waals surface area contributed by atoms with E-state index < -0.39 is 10.0 Å². The van der Waals surface area contributed by atoms with E-state index >= 15 is 0 Å². The summed E-state index contributed by atoms with van der Waals surface area (Å²) < 4.78 is 40.0. The normalized spacial score (nSPS) is 14.5. The van der Waals surface area contributed by atoms with E-state index in [4.69, 9.17) is 0 Å². The third-order valence-electron chi connectivity index (χ3n) is 5.04. The van der Waals surface area contributed by atoms with Crippen molar-refractivity contribution in [1.29, 1.82) is 0 Å². The second-order valence-corrected chi connectivity index (χ2v) is 9.38. The molecule has 3 heterocycles. The number of carbonyl (C=O) groups is 1.